The lowest BCUT2D eigenvalue weighted by atomic mass is 10.1. The summed E-state index contributed by atoms with van der Waals surface area (Å²) in [7, 11) is 0. The third-order valence-corrected chi connectivity index (χ3v) is 3.85. The van der Waals surface area contributed by atoms with Gasteiger partial charge in [-0.2, -0.15) is 9.64 Å². The molecule has 0 aliphatic rings. The molecule has 0 aliphatic carbocycles. The van der Waals surface area contributed by atoms with Gasteiger partial charge in [0.1, 0.15) is 22.2 Å². The number of nitriles is 1. The summed E-state index contributed by atoms with van der Waals surface area (Å²) in [5.74, 6) is -0.284. The Kier molecular flexibility index (Phi) is 5.24. The van der Waals surface area contributed by atoms with Crippen LogP contribution in [-0.4, -0.2) is 15.9 Å². The summed E-state index contributed by atoms with van der Waals surface area (Å²) in [5.41, 5.74) is 1.38. The number of esters is 1. The predicted molar refractivity (Wildman–Crippen MR) is 91.1 cm³/mol. The van der Waals surface area contributed by atoms with Gasteiger partial charge >= 0.3 is 5.97 Å². The molecule has 2 aromatic rings. The van der Waals surface area contributed by atoms with Gasteiger partial charge in [-0.05, 0) is 50.0 Å². The number of hydrogen-bond acceptors (Lipinski definition) is 6. The molecule has 0 spiro atoms. The van der Waals surface area contributed by atoms with E-state index in [9.17, 15) is 4.79 Å². The first kappa shape index (κ1) is 17.3. The average Bonchev–Trinajstić information content (AvgIpc) is 2.77. The summed E-state index contributed by atoms with van der Waals surface area (Å²) < 4.78 is 9.25. The average molecular weight is 350 g/mol. The van der Waals surface area contributed by atoms with E-state index >= 15 is 0 Å². The van der Waals surface area contributed by atoms with Crippen LogP contribution in [0.2, 0.25) is 5.15 Å². The molecular formula is C16H16ClN3O2S. The van der Waals surface area contributed by atoms with E-state index < -0.39 is 5.60 Å². The molecule has 7 heteroatoms. The molecule has 0 unspecified atom stereocenters. The van der Waals surface area contributed by atoms with Crippen molar-refractivity contribution >= 4 is 39.8 Å². The van der Waals surface area contributed by atoms with Gasteiger partial charge in [-0.3, -0.25) is 4.79 Å². The first-order valence-electron chi connectivity index (χ1n) is 6.91. The number of hydrogen-bond donors (Lipinski definition) is 1. The zero-order valence-electron chi connectivity index (χ0n) is 13.0. The smallest absolute Gasteiger partial charge is 0.310 e. The number of anilines is 2. The minimum Gasteiger partial charge on any atom is -0.460 e. The first-order valence-corrected chi connectivity index (χ1v) is 8.07. The molecule has 23 heavy (non-hydrogen) atoms. The summed E-state index contributed by atoms with van der Waals surface area (Å²) >= 11 is 6.96. The summed E-state index contributed by atoms with van der Waals surface area (Å²) in [5, 5.41) is 12.9. The molecule has 1 N–H and O–H groups in total. The normalized spacial score (nSPS) is 10.9. The Morgan fingerprint density at radius 3 is 2.87 bits per heavy atom. The minimum absolute atomic E-state index is 0.182. The maximum absolute atomic E-state index is 11.9. The van der Waals surface area contributed by atoms with Gasteiger partial charge in [-0.15, -0.1) is 0 Å². The number of carbonyl (C=O) groups is 1. The maximum atomic E-state index is 11.9. The topological polar surface area (TPSA) is 75.0 Å². The molecule has 1 aromatic heterocycles. The highest BCUT2D eigenvalue weighted by Gasteiger charge is 2.17. The highest BCUT2D eigenvalue weighted by Crippen LogP contribution is 2.30. The second-order valence-electron chi connectivity index (χ2n) is 5.88. The van der Waals surface area contributed by atoms with E-state index in [0.717, 1.165) is 22.8 Å². The predicted octanol–water partition coefficient (Wildman–Crippen LogP) is 4.30. The third kappa shape index (κ3) is 4.95. The van der Waals surface area contributed by atoms with Gasteiger partial charge < -0.3 is 10.1 Å². The van der Waals surface area contributed by atoms with E-state index in [1.165, 1.54) is 0 Å². The molecule has 0 atom stereocenters. The Hall–Kier alpha value is -2.10. The Morgan fingerprint density at radius 2 is 2.22 bits per heavy atom. The molecule has 120 valence electrons. The van der Waals surface area contributed by atoms with Crippen molar-refractivity contribution in [3.8, 4) is 6.07 Å². The molecule has 0 aliphatic heterocycles. The van der Waals surface area contributed by atoms with Gasteiger partial charge in [0.25, 0.3) is 0 Å². The van der Waals surface area contributed by atoms with Crippen LogP contribution in [0.4, 0.5) is 10.7 Å². The summed E-state index contributed by atoms with van der Waals surface area (Å²) in [4.78, 5) is 11.9. The van der Waals surface area contributed by atoms with Gasteiger partial charge in [0.2, 0.25) is 0 Å². The highest BCUT2D eigenvalue weighted by atomic mass is 35.5. The Labute approximate surface area is 144 Å². The summed E-state index contributed by atoms with van der Waals surface area (Å²) in [6, 6.07) is 9.37. The lowest BCUT2D eigenvalue weighted by Gasteiger charge is -2.19. The van der Waals surface area contributed by atoms with Crippen molar-refractivity contribution in [2.45, 2.75) is 32.8 Å². The molecule has 2 rings (SSSR count). The maximum Gasteiger partial charge on any atom is 0.310 e. The van der Waals surface area contributed by atoms with E-state index in [0.29, 0.717) is 10.6 Å². The Morgan fingerprint density at radius 1 is 1.48 bits per heavy atom. The largest absolute Gasteiger partial charge is 0.460 e. The fourth-order valence-corrected chi connectivity index (χ4v) is 2.84. The third-order valence-electron chi connectivity index (χ3n) is 2.72. The van der Waals surface area contributed by atoms with E-state index in [2.05, 4.69) is 9.69 Å². The molecule has 1 heterocycles. The van der Waals surface area contributed by atoms with Crippen LogP contribution in [0, 0.1) is 11.3 Å². The number of rotatable bonds is 4. The number of halogens is 1. The van der Waals surface area contributed by atoms with E-state index in [1.54, 1.807) is 0 Å². The highest BCUT2D eigenvalue weighted by molar-refractivity contribution is 7.10. The summed E-state index contributed by atoms with van der Waals surface area (Å²) in [6.45, 7) is 5.50. The minimum atomic E-state index is -0.506. The van der Waals surface area contributed by atoms with Crippen molar-refractivity contribution in [3.63, 3.8) is 0 Å². The fourth-order valence-electron chi connectivity index (χ4n) is 1.89. The van der Waals surface area contributed by atoms with Crippen molar-refractivity contribution < 1.29 is 9.53 Å². The molecule has 0 bridgehead atoms. The molecule has 0 saturated carbocycles. The van der Waals surface area contributed by atoms with Crippen LogP contribution in [0.25, 0.3) is 0 Å². The van der Waals surface area contributed by atoms with Crippen LogP contribution < -0.4 is 5.32 Å². The molecule has 0 amide bonds. The van der Waals surface area contributed by atoms with Gasteiger partial charge in [-0.25, -0.2) is 0 Å². The monoisotopic (exact) mass is 349 g/mol. The standard InChI is InChI=1S/C16H16ClN3O2S/c1-16(2,3)22-13(21)8-10-5-4-6-11(7-10)19-15-12(9-18)14(17)20-23-15/h4-7,19H,8H2,1-3H3. The number of benzene rings is 1. The zero-order valence-corrected chi connectivity index (χ0v) is 14.6. The zero-order chi connectivity index (χ0) is 17.0. The van der Waals surface area contributed by atoms with Crippen LogP contribution in [0.1, 0.15) is 31.9 Å². The molecule has 5 nitrogen and oxygen atoms in total. The SMILES string of the molecule is CC(C)(C)OC(=O)Cc1cccc(Nc2snc(Cl)c2C#N)c1. The van der Waals surface area contributed by atoms with Crippen LogP contribution >= 0.6 is 23.1 Å². The number of carbonyl (C=O) groups excluding carboxylic acids is 1. The van der Waals surface area contributed by atoms with E-state index in [4.69, 9.17) is 21.6 Å². The summed E-state index contributed by atoms with van der Waals surface area (Å²) in [6.07, 6.45) is 0.182. The molecule has 0 fully saturated rings. The van der Waals surface area contributed by atoms with Crippen LogP contribution in [0.3, 0.4) is 0 Å². The molecule has 0 radical (unpaired) electrons. The number of aromatic nitrogens is 1. The van der Waals surface area contributed by atoms with Crippen molar-refractivity contribution in [2.75, 3.05) is 5.32 Å². The van der Waals surface area contributed by atoms with Crippen molar-refractivity contribution in [3.05, 3.63) is 40.5 Å². The number of ether oxygens (including phenoxy) is 1. The van der Waals surface area contributed by atoms with Crippen LogP contribution in [0.15, 0.2) is 24.3 Å². The fraction of sp³-hybridized carbons (Fsp3) is 0.312. The lowest BCUT2D eigenvalue weighted by molar-refractivity contribution is -0.153. The molecular weight excluding hydrogens is 334 g/mol. The van der Waals surface area contributed by atoms with E-state index in [1.807, 2.05) is 51.1 Å². The molecule has 0 saturated heterocycles. The lowest BCUT2D eigenvalue weighted by Crippen LogP contribution is -2.24. The quantitative estimate of drug-likeness (QED) is 0.833. The van der Waals surface area contributed by atoms with Gasteiger partial charge in [0, 0.05) is 5.69 Å². The van der Waals surface area contributed by atoms with Gasteiger partial charge in [0.05, 0.1) is 6.42 Å². The van der Waals surface area contributed by atoms with Crippen LogP contribution in [0.5, 0.6) is 0 Å². The van der Waals surface area contributed by atoms with Crippen molar-refractivity contribution in [1.82, 2.24) is 4.37 Å². The molecule has 1 aromatic carbocycles. The second-order valence-corrected chi connectivity index (χ2v) is 7.01. The van der Waals surface area contributed by atoms with Crippen LogP contribution in [-0.2, 0) is 16.0 Å². The van der Waals surface area contributed by atoms with Crippen molar-refractivity contribution in [1.29, 1.82) is 5.26 Å². The second kappa shape index (κ2) is 6.99. The Balaban J connectivity index is 2.11. The number of nitrogens with zero attached hydrogens (tertiary/aromatic N) is 2. The Bertz CT molecular complexity index is 759. The number of nitrogens with one attached hydrogen (secondary N) is 1. The van der Waals surface area contributed by atoms with Crippen molar-refractivity contribution in [2.24, 2.45) is 0 Å². The van der Waals surface area contributed by atoms with Gasteiger partial charge in [0.15, 0.2) is 5.15 Å². The van der Waals surface area contributed by atoms with Gasteiger partial charge in [-0.1, -0.05) is 23.7 Å². The first-order chi connectivity index (χ1) is 10.8. The van der Waals surface area contributed by atoms with E-state index in [-0.39, 0.29) is 17.5 Å².